The smallest absolute Gasteiger partial charge is 0.792 e. The number of carboxylic acid groups (broad SMARTS) is 2. The van der Waals surface area contributed by atoms with E-state index in [4.69, 9.17) is 10.2 Å². The van der Waals surface area contributed by atoms with E-state index in [1.54, 1.807) is 11.8 Å². The molecule has 2 N–H and O–H groups in total. The molecule has 55 heavy (non-hydrogen) atoms. The van der Waals surface area contributed by atoms with E-state index in [1.165, 1.54) is 70.8 Å². The van der Waals surface area contributed by atoms with Crippen LogP contribution in [0.5, 0.6) is 0 Å². The fourth-order valence-electron chi connectivity index (χ4n) is 5.28. The molecule has 2 fully saturated rings. The van der Waals surface area contributed by atoms with Crippen LogP contribution in [0.15, 0.2) is 60.7 Å². The molecular formula is C44H66Au2O4P2S2Zr+2. The number of aliphatic carboxylic acids is 2. The molecule has 2 aromatic rings. The van der Waals surface area contributed by atoms with Gasteiger partial charge in [-0.25, -0.2) is 0 Å². The first kappa shape index (κ1) is 65.4. The normalized spacial score (nSPS) is 15.9. The molecule has 0 bridgehead atoms. The zero-order valence-corrected chi connectivity index (χ0v) is 45.8. The Hall–Kier alpha value is 1.30. The number of carboxylic acids is 2. The molecule has 2 aliphatic carbocycles. The van der Waals surface area contributed by atoms with Crippen molar-refractivity contribution in [3.8, 4) is 0 Å². The van der Waals surface area contributed by atoms with E-state index < -0.39 is 11.9 Å². The van der Waals surface area contributed by atoms with Gasteiger partial charge in [0.2, 0.25) is 0 Å². The first-order valence-electron chi connectivity index (χ1n) is 17.8. The molecule has 2 aliphatic rings. The van der Waals surface area contributed by atoms with Crippen LogP contribution in [-0.2, 0) is 106 Å². The standard InChI is InChI=1S/2C11H17.2C8H11P.2C3H6O2S.2Au.Zr/c2*1-6-11-9(4)7(2)8(3)10(11)5;2*1-9(2)8-6-4-3-5-7-8;2*4-3(5)1-2-6;;;/h2*6H2,1-5H3;2*3-7H,1-2H3;2*6H,1-2H2,(H,4,5);;;/q;;;;;;2*+1;+2/p-2. The number of hydrogen-bond acceptors (Lipinski definition) is 4. The molecule has 2 aromatic carbocycles. The molecule has 4 nitrogen and oxygen atoms in total. The van der Waals surface area contributed by atoms with Crippen LogP contribution >= 0.6 is 15.8 Å². The van der Waals surface area contributed by atoms with Gasteiger partial charge in [0.1, 0.15) is 0 Å². The van der Waals surface area contributed by atoms with E-state index in [1.807, 2.05) is 0 Å². The van der Waals surface area contributed by atoms with Gasteiger partial charge in [0.15, 0.2) is 0 Å². The summed E-state index contributed by atoms with van der Waals surface area (Å²) in [7, 11) is 0.209. The van der Waals surface area contributed by atoms with Gasteiger partial charge in [0.25, 0.3) is 0 Å². The fourth-order valence-corrected chi connectivity index (χ4v) is 7.17. The van der Waals surface area contributed by atoms with E-state index in [0.29, 0.717) is 11.5 Å². The van der Waals surface area contributed by atoms with Crippen molar-refractivity contribution in [2.24, 2.45) is 0 Å². The first-order valence-corrected chi connectivity index (χ1v) is 23.4. The van der Waals surface area contributed by atoms with Crippen molar-refractivity contribution in [2.75, 3.05) is 38.2 Å². The van der Waals surface area contributed by atoms with Crippen LogP contribution in [0.3, 0.4) is 0 Å². The number of benzene rings is 2. The quantitative estimate of drug-likeness (QED) is 0.156. The second kappa shape index (κ2) is 38.2. The summed E-state index contributed by atoms with van der Waals surface area (Å²) in [5.74, 6) is 14.1. The van der Waals surface area contributed by atoms with Gasteiger partial charge in [-0.1, -0.05) is 146 Å². The summed E-state index contributed by atoms with van der Waals surface area (Å²) in [6.45, 7) is 31.3. The zero-order valence-electron chi connectivity index (χ0n) is 35.5. The summed E-state index contributed by atoms with van der Waals surface area (Å²) in [4.78, 5) is 19.1. The average Bonchev–Trinajstić information content (AvgIpc) is 3.42. The van der Waals surface area contributed by atoms with Gasteiger partial charge >= 0.3 is 82.9 Å². The van der Waals surface area contributed by atoms with E-state index in [2.05, 4.69) is 182 Å². The summed E-state index contributed by atoms with van der Waals surface area (Å²) in [5, 5.41) is 18.7. The molecule has 0 unspecified atom stereocenters. The molecule has 0 spiro atoms. The van der Waals surface area contributed by atoms with Crippen molar-refractivity contribution in [3.05, 3.63) is 120 Å². The molecule has 0 amide bonds. The van der Waals surface area contributed by atoms with Crippen LogP contribution in [0.4, 0.5) is 0 Å². The van der Waals surface area contributed by atoms with Gasteiger partial charge in [-0.15, -0.1) is 0 Å². The molecule has 10 radical (unpaired) electrons. The van der Waals surface area contributed by atoms with Crippen molar-refractivity contribution in [1.29, 1.82) is 0 Å². The van der Waals surface area contributed by atoms with Crippen LogP contribution in [0.2, 0.25) is 0 Å². The van der Waals surface area contributed by atoms with Gasteiger partial charge in [0, 0.05) is 12.8 Å². The van der Waals surface area contributed by atoms with E-state index >= 15 is 0 Å². The van der Waals surface area contributed by atoms with Crippen LogP contribution in [0.25, 0.3) is 0 Å². The van der Waals surface area contributed by atoms with Crippen molar-refractivity contribution in [1.82, 2.24) is 0 Å². The Morgan fingerprint density at radius 1 is 0.491 bits per heavy atom. The van der Waals surface area contributed by atoms with E-state index in [-0.39, 0.29) is 99.6 Å². The van der Waals surface area contributed by atoms with Gasteiger partial charge in [-0.05, 0) is 109 Å². The Bertz CT molecular complexity index is 1070. The summed E-state index contributed by atoms with van der Waals surface area (Å²) in [6.07, 6.45) is 2.56. The SMILES string of the molecule is CC[C]1[C](C)[C](C)[C](C)[C]1C.CC[C]1[C](C)[C](C)[C](C)[C]1C.CP(C)c1ccccc1.CP(C)c1ccccc1.O=C(O)CC[S-].O=C(O)CC[S-].[Au+].[Au+].[Zr+2]. The maximum Gasteiger partial charge on any atom is 2.00 e. The minimum atomic E-state index is -0.815. The molecular weight excluding hydrogens is 1200 g/mol. The third-order valence-electron chi connectivity index (χ3n) is 9.07. The van der Waals surface area contributed by atoms with Crippen molar-refractivity contribution >= 4 is 63.6 Å². The Kier molecular flexibility index (Phi) is 45.5. The van der Waals surface area contributed by atoms with Crippen molar-refractivity contribution in [3.63, 3.8) is 0 Å². The van der Waals surface area contributed by atoms with Crippen LogP contribution in [-0.4, -0.2) is 60.3 Å². The summed E-state index contributed by atoms with van der Waals surface area (Å²) in [5.41, 5.74) is 0. The Morgan fingerprint density at radius 2 is 0.709 bits per heavy atom. The summed E-state index contributed by atoms with van der Waals surface area (Å²) >= 11 is 8.69. The van der Waals surface area contributed by atoms with E-state index in [9.17, 15) is 9.59 Å². The monoisotopic (exact) mass is 1270 g/mol. The van der Waals surface area contributed by atoms with Gasteiger partial charge in [-0.3, -0.25) is 9.59 Å². The summed E-state index contributed by atoms with van der Waals surface area (Å²) < 4.78 is 0. The van der Waals surface area contributed by atoms with Gasteiger partial charge in [0.05, 0.1) is 0 Å². The second-order valence-corrected chi connectivity index (χ2v) is 18.2. The maximum absolute atomic E-state index is 9.53. The number of carbonyl (C=O) groups is 2. The largest absolute Gasteiger partial charge is 2.00 e. The molecule has 0 heterocycles. The van der Waals surface area contributed by atoms with Gasteiger partial charge in [-0.2, -0.15) is 11.5 Å². The predicted molar refractivity (Wildman–Crippen MR) is 237 cm³/mol. The fraction of sp³-hybridized carbons (Fsp3) is 0.455. The molecule has 0 aliphatic heterocycles. The van der Waals surface area contributed by atoms with Crippen molar-refractivity contribution in [2.45, 2.75) is 94.9 Å². The third-order valence-corrected chi connectivity index (χ3v) is 12.1. The number of hydrogen-bond donors (Lipinski definition) is 2. The van der Waals surface area contributed by atoms with Crippen LogP contribution in [0.1, 0.15) is 94.9 Å². The maximum atomic E-state index is 9.53. The molecule has 11 heteroatoms. The zero-order chi connectivity index (χ0) is 40.6. The minimum absolute atomic E-state index is 0. The Morgan fingerprint density at radius 3 is 0.800 bits per heavy atom. The predicted octanol–water partition coefficient (Wildman–Crippen LogP) is 10.8. The molecule has 2 saturated carbocycles. The molecule has 0 atom stereocenters. The molecule has 0 saturated heterocycles. The van der Waals surface area contributed by atoms with Crippen molar-refractivity contribution < 1.29 is 90.8 Å². The topological polar surface area (TPSA) is 74.6 Å². The first-order chi connectivity index (χ1) is 24.3. The van der Waals surface area contributed by atoms with Crippen LogP contribution < -0.4 is 10.6 Å². The van der Waals surface area contributed by atoms with Gasteiger partial charge < -0.3 is 35.5 Å². The molecule has 4 rings (SSSR count). The Balaban J connectivity index is -0.000000183. The minimum Gasteiger partial charge on any atom is -0.792 e. The molecule has 0 aromatic heterocycles. The second-order valence-electron chi connectivity index (χ2n) is 12.8. The third kappa shape index (κ3) is 27.7. The van der Waals surface area contributed by atoms with Crippen LogP contribution in [0, 0.1) is 59.2 Å². The Labute approximate surface area is 403 Å². The average molecular weight is 1270 g/mol. The van der Waals surface area contributed by atoms with E-state index in [0.717, 1.165) is 0 Å². The number of rotatable bonds is 8. The molecule has 312 valence electrons. The summed E-state index contributed by atoms with van der Waals surface area (Å²) in [6, 6.07) is 21.2.